The standard InChI is InChI=1S/C21H21F3N2O/c22-21(23,24)17-7-4-15(5-8-17)20(27)25-18-9-6-14-10-11-26(13-16(14)12-18)19-2-1-3-19/h4-9,12,19H,1-3,10-11,13H2,(H,25,27). The molecule has 1 fully saturated rings. The van der Waals surface area contributed by atoms with E-state index in [0.29, 0.717) is 11.7 Å². The summed E-state index contributed by atoms with van der Waals surface area (Å²) in [6, 6.07) is 10.8. The topological polar surface area (TPSA) is 32.3 Å². The predicted octanol–water partition coefficient (Wildman–Crippen LogP) is 4.87. The summed E-state index contributed by atoms with van der Waals surface area (Å²) < 4.78 is 37.9. The molecule has 0 saturated heterocycles. The highest BCUT2D eigenvalue weighted by atomic mass is 19.4. The van der Waals surface area contributed by atoms with Crippen molar-refractivity contribution < 1.29 is 18.0 Å². The van der Waals surface area contributed by atoms with Gasteiger partial charge >= 0.3 is 6.18 Å². The fourth-order valence-corrected chi connectivity index (χ4v) is 3.73. The summed E-state index contributed by atoms with van der Waals surface area (Å²) in [6.45, 7) is 1.97. The molecule has 6 heteroatoms. The van der Waals surface area contributed by atoms with Gasteiger partial charge < -0.3 is 5.32 Å². The van der Waals surface area contributed by atoms with Gasteiger partial charge in [-0.25, -0.2) is 0 Å². The molecule has 0 bridgehead atoms. The second-order valence-corrected chi connectivity index (χ2v) is 7.32. The molecule has 0 aromatic heterocycles. The number of nitrogens with one attached hydrogen (secondary N) is 1. The number of nitrogens with zero attached hydrogens (tertiary/aromatic N) is 1. The summed E-state index contributed by atoms with van der Waals surface area (Å²) >= 11 is 0. The first kappa shape index (κ1) is 18.0. The number of amides is 1. The van der Waals surface area contributed by atoms with Crippen LogP contribution in [0.4, 0.5) is 18.9 Å². The van der Waals surface area contributed by atoms with Crippen LogP contribution in [0, 0.1) is 0 Å². The first-order valence-electron chi connectivity index (χ1n) is 9.24. The van der Waals surface area contributed by atoms with E-state index in [2.05, 4.69) is 10.2 Å². The van der Waals surface area contributed by atoms with Crippen LogP contribution in [0.3, 0.4) is 0 Å². The van der Waals surface area contributed by atoms with E-state index in [0.717, 1.165) is 31.6 Å². The van der Waals surface area contributed by atoms with Gasteiger partial charge in [-0.2, -0.15) is 13.2 Å². The molecule has 1 aliphatic carbocycles. The van der Waals surface area contributed by atoms with E-state index in [1.807, 2.05) is 18.2 Å². The quantitative estimate of drug-likeness (QED) is 0.831. The highest BCUT2D eigenvalue weighted by Gasteiger charge is 2.30. The Morgan fingerprint density at radius 3 is 2.41 bits per heavy atom. The molecule has 1 N–H and O–H groups in total. The fourth-order valence-electron chi connectivity index (χ4n) is 3.73. The molecule has 1 amide bonds. The minimum Gasteiger partial charge on any atom is -0.322 e. The van der Waals surface area contributed by atoms with Crippen LogP contribution < -0.4 is 5.32 Å². The number of hydrogen-bond acceptors (Lipinski definition) is 2. The summed E-state index contributed by atoms with van der Waals surface area (Å²) in [4.78, 5) is 14.9. The number of fused-ring (bicyclic) bond motifs is 1. The molecule has 0 spiro atoms. The normalized spacial score (nSPS) is 17.9. The van der Waals surface area contributed by atoms with E-state index in [-0.39, 0.29) is 5.56 Å². The first-order valence-corrected chi connectivity index (χ1v) is 9.24. The van der Waals surface area contributed by atoms with Gasteiger partial charge in [0.2, 0.25) is 0 Å². The molecule has 27 heavy (non-hydrogen) atoms. The molecule has 2 aliphatic rings. The highest BCUT2D eigenvalue weighted by Crippen LogP contribution is 2.31. The molecule has 1 saturated carbocycles. The van der Waals surface area contributed by atoms with Crippen LogP contribution in [0.2, 0.25) is 0 Å². The van der Waals surface area contributed by atoms with Crippen LogP contribution in [0.25, 0.3) is 0 Å². The highest BCUT2D eigenvalue weighted by molar-refractivity contribution is 6.04. The van der Waals surface area contributed by atoms with Crippen LogP contribution in [0.15, 0.2) is 42.5 Å². The average molecular weight is 374 g/mol. The van der Waals surface area contributed by atoms with Gasteiger partial charge in [0.25, 0.3) is 5.91 Å². The molecule has 4 rings (SSSR count). The number of carbonyl (C=O) groups is 1. The lowest BCUT2D eigenvalue weighted by molar-refractivity contribution is -0.137. The average Bonchev–Trinajstić information content (AvgIpc) is 2.59. The van der Waals surface area contributed by atoms with Crippen LogP contribution in [-0.4, -0.2) is 23.4 Å². The van der Waals surface area contributed by atoms with Gasteiger partial charge in [-0.1, -0.05) is 12.5 Å². The molecule has 2 aromatic carbocycles. The van der Waals surface area contributed by atoms with Crippen molar-refractivity contribution in [2.24, 2.45) is 0 Å². The van der Waals surface area contributed by atoms with Crippen molar-refractivity contribution in [3.8, 4) is 0 Å². The zero-order chi connectivity index (χ0) is 19.0. The molecule has 1 aliphatic heterocycles. The van der Waals surface area contributed by atoms with Crippen LogP contribution in [0.1, 0.15) is 46.3 Å². The Morgan fingerprint density at radius 2 is 1.78 bits per heavy atom. The minimum absolute atomic E-state index is 0.205. The maximum atomic E-state index is 12.6. The van der Waals surface area contributed by atoms with E-state index in [9.17, 15) is 18.0 Å². The third-order valence-electron chi connectivity index (χ3n) is 5.57. The molecule has 1 heterocycles. The van der Waals surface area contributed by atoms with Crippen molar-refractivity contribution in [1.82, 2.24) is 4.90 Å². The smallest absolute Gasteiger partial charge is 0.322 e. The Morgan fingerprint density at radius 1 is 1.04 bits per heavy atom. The van der Waals surface area contributed by atoms with Crippen LogP contribution in [-0.2, 0) is 19.1 Å². The van der Waals surface area contributed by atoms with Gasteiger partial charge in [0.05, 0.1) is 5.56 Å². The van der Waals surface area contributed by atoms with Gasteiger partial charge in [0, 0.05) is 30.4 Å². The Bertz CT molecular complexity index is 841. The molecule has 2 aromatic rings. The molecule has 142 valence electrons. The van der Waals surface area contributed by atoms with Gasteiger partial charge in [-0.15, -0.1) is 0 Å². The number of hydrogen-bond donors (Lipinski definition) is 1. The summed E-state index contributed by atoms with van der Waals surface area (Å²) in [6.07, 6.45) is 0.440. The zero-order valence-corrected chi connectivity index (χ0v) is 14.9. The Balaban J connectivity index is 1.46. The summed E-state index contributed by atoms with van der Waals surface area (Å²) in [5.41, 5.74) is 2.64. The maximum Gasteiger partial charge on any atom is 0.416 e. The van der Waals surface area contributed by atoms with E-state index in [1.165, 1.54) is 42.5 Å². The molecule has 0 atom stereocenters. The van der Waals surface area contributed by atoms with Crippen molar-refractivity contribution in [2.75, 3.05) is 11.9 Å². The third-order valence-corrected chi connectivity index (χ3v) is 5.57. The van der Waals surface area contributed by atoms with Crippen LogP contribution in [0.5, 0.6) is 0 Å². The lowest BCUT2D eigenvalue weighted by atomic mass is 9.88. The van der Waals surface area contributed by atoms with E-state index in [1.54, 1.807) is 0 Å². The van der Waals surface area contributed by atoms with Crippen LogP contribution >= 0.6 is 0 Å². The second-order valence-electron chi connectivity index (χ2n) is 7.32. The van der Waals surface area contributed by atoms with Gasteiger partial charge in [0.1, 0.15) is 0 Å². The van der Waals surface area contributed by atoms with Crippen molar-refractivity contribution >= 4 is 11.6 Å². The number of rotatable bonds is 3. The fraction of sp³-hybridized carbons (Fsp3) is 0.381. The number of carbonyl (C=O) groups excluding carboxylic acids is 1. The van der Waals surface area contributed by atoms with Gasteiger partial charge in [-0.05, 0) is 66.8 Å². The number of benzene rings is 2. The van der Waals surface area contributed by atoms with Crippen molar-refractivity contribution in [2.45, 2.75) is 44.4 Å². The molecule has 3 nitrogen and oxygen atoms in total. The number of alkyl halides is 3. The van der Waals surface area contributed by atoms with Crippen molar-refractivity contribution in [3.05, 3.63) is 64.7 Å². The van der Waals surface area contributed by atoms with E-state index in [4.69, 9.17) is 0 Å². The Labute approximate surface area is 156 Å². The molecule has 0 unspecified atom stereocenters. The molecular weight excluding hydrogens is 353 g/mol. The third kappa shape index (κ3) is 3.86. The van der Waals surface area contributed by atoms with E-state index < -0.39 is 17.6 Å². The summed E-state index contributed by atoms with van der Waals surface area (Å²) in [7, 11) is 0. The SMILES string of the molecule is O=C(Nc1ccc2c(c1)CN(C1CCC1)CC2)c1ccc(C(F)(F)F)cc1. The summed E-state index contributed by atoms with van der Waals surface area (Å²) in [5.74, 6) is -0.407. The molecular formula is C21H21F3N2O. The maximum absolute atomic E-state index is 12.6. The Hall–Kier alpha value is -2.34. The monoisotopic (exact) mass is 374 g/mol. The largest absolute Gasteiger partial charge is 0.416 e. The second kappa shape index (κ2) is 7.00. The predicted molar refractivity (Wildman–Crippen MR) is 97.6 cm³/mol. The lowest BCUT2D eigenvalue weighted by Gasteiger charge is -2.40. The Kier molecular flexibility index (Phi) is 4.68. The first-order chi connectivity index (χ1) is 12.9. The van der Waals surface area contributed by atoms with Gasteiger partial charge in [0.15, 0.2) is 0 Å². The summed E-state index contributed by atoms with van der Waals surface area (Å²) in [5, 5.41) is 2.80. The van der Waals surface area contributed by atoms with Gasteiger partial charge in [-0.3, -0.25) is 9.69 Å². The zero-order valence-electron chi connectivity index (χ0n) is 14.9. The molecule has 0 radical (unpaired) electrons. The van der Waals surface area contributed by atoms with E-state index >= 15 is 0 Å². The van der Waals surface area contributed by atoms with Crippen molar-refractivity contribution in [3.63, 3.8) is 0 Å². The van der Waals surface area contributed by atoms with Crippen molar-refractivity contribution in [1.29, 1.82) is 0 Å². The number of anilines is 1. The lowest BCUT2D eigenvalue weighted by Crippen LogP contribution is -2.43. The number of halogens is 3. The minimum atomic E-state index is -4.40.